The van der Waals surface area contributed by atoms with Crippen LogP contribution in [-0.4, -0.2) is 23.0 Å². The van der Waals surface area contributed by atoms with Crippen molar-refractivity contribution in [2.45, 2.75) is 0 Å². The number of rotatable bonds is 3. The van der Waals surface area contributed by atoms with Crippen molar-refractivity contribution in [2.24, 2.45) is 5.92 Å². The second kappa shape index (κ2) is 6.48. The molecule has 0 unspecified atom stereocenters. The first-order chi connectivity index (χ1) is 13.0. The van der Waals surface area contributed by atoms with E-state index in [1.807, 2.05) is 0 Å². The topological polar surface area (TPSA) is 86.5 Å². The van der Waals surface area contributed by atoms with Gasteiger partial charge in [-0.25, -0.2) is 0 Å². The van der Waals surface area contributed by atoms with Crippen LogP contribution in [0.2, 0.25) is 5.02 Å². The monoisotopic (exact) mass is 381 g/mol. The highest BCUT2D eigenvalue weighted by atomic mass is 35.5. The maximum Gasteiger partial charge on any atom is 0.229 e. The summed E-state index contributed by atoms with van der Waals surface area (Å²) in [6, 6.07) is 13.2. The minimum absolute atomic E-state index is 0.0196. The molecule has 2 aromatic carbocycles. The minimum atomic E-state index is -0.889. The summed E-state index contributed by atoms with van der Waals surface area (Å²) >= 11 is 6.21. The van der Waals surface area contributed by atoms with E-state index < -0.39 is 29.0 Å². The van der Waals surface area contributed by atoms with Crippen LogP contribution in [0.25, 0.3) is 5.76 Å². The van der Waals surface area contributed by atoms with Gasteiger partial charge in [-0.05, 0) is 18.2 Å². The molecule has 0 saturated carbocycles. The second-order valence-corrected chi connectivity index (χ2v) is 6.59. The van der Waals surface area contributed by atoms with Gasteiger partial charge in [0.1, 0.15) is 5.76 Å². The van der Waals surface area contributed by atoms with Crippen molar-refractivity contribution < 1.29 is 19.2 Å². The summed E-state index contributed by atoms with van der Waals surface area (Å²) in [6.07, 6.45) is 1.49. The van der Waals surface area contributed by atoms with Gasteiger partial charge in [-0.15, -0.1) is 0 Å². The summed E-state index contributed by atoms with van der Waals surface area (Å²) in [7, 11) is 0. The fourth-order valence-corrected chi connectivity index (χ4v) is 3.56. The Morgan fingerprint density at radius 2 is 1.56 bits per heavy atom. The number of ketones is 2. The van der Waals surface area contributed by atoms with E-state index in [2.05, 4.69) is 0 Å². The van der Waals surface area contributed by atoms with Gasteiger partial charge in [0.15, 0.2) is 11.5 Å². The summed E-state index contributed by atoms with van der Waals surface area (Å²) in [5, 5.41) is 11.6. The molecule has 0 bridgehead atoms. The van der Waals surface area contributed by atoms with E-state index in [4.69, 9.17) is 16.3 Å². The summed E-state index contributed by atoms with van der Waals surface area (Å²) in [5.41, 5.74) is 0.971. The molecular weight excluding hydrogens is 370 g/mol. The quantitative estimate of drug-likeness (QED) is 0.593. The first-order valence-corrected chi connectivity index (χ1v) is 8.54. The lowest BCUT2D eigenvalue weighted by Gasteiger charge is -2.28. The Morgan fingerprint density at radius 1 is 0.963 bits per heavy atom. The largest absolute Gasteiger partial charge is 0.452 e. The number of carbonyl (C=O) groups excluding carboxylic acids is 2. The van der Waals surface area contributed by atoms with Gasteiger partial charge < -0.3 is 4.74 Å². The third kappa shape index (κ3) is 2.84. The predicted molar refractivity (Wildman–Crippen MR) is 98.0 cm³/mol. The van der Waals surface area contributed by atoms with E-state index in [1.54, 1.807) is 42.5 Å². The zero-order valence-electron chi connectivity index (χ0n) is 13.8. The van der Waals surface area contributed by atoms with Gasteiger partial charge in [0.25, 0.3) is 0 Å². The molecule has 7 heteroatoms. The van der Waals surface area contributed by atoms with Crippen molar-refractivity contribution in [3.63, 3.8) is 0 Å². The molecule has 134 valence electrons. The lowest BCUT2D eigenvalue weighted by molar-refractivity contribution is -0.484. The SMILES string of the molecule is O=C1C2=C(C(=O)c3ccccc31)[C@H](C[N+](=O)[O-])C=C(c1ccccc1Cl)O2. The maximum absolute atomic E-state index is 12.9. The maximum atomic E-state index is 12.9. The molecule has 0 spiro atoms. The molecule has 0 saturated heterocycles. The smallest absolute Gasteiger partial charge is 0.229 e. The first kappa shape index (κ1) is 17.2. The molecule has 0 amide bonds. The molecule has 0 N–H and O–H groups in total. The Balaban J connectivity index is 1.87. The number of ether oxygens (including phenoxy) is 1. The van der Waals surface area contributed by atoms with Crippen molar-refractivity contribution in [3.8, 4) is 0 Å². The Kier molecular flexibility index (Phi) is 4.12. The molecule has 0 radical (unpaired) electrons. The average Bonchev–Trinajstić information content (AvgIpc) is 2.65. The fraction of sp³-hybridized carbons (Fsp3) is 0.100. The van der Waals surface area contributed by atoms with Crippen LogP contribution in [0.4, 0.5) is 0 Å². The van der Waals surface area contributed by atoms with Crippen LogP contribution in [-0.2, 0) is 4.74 Å². The Labute approximate surface area is 158 Å². The Hall–Kier alpha value is -3.25. The summed E-state index contributed by atoms with van der Waals surface area (Å²) in [4.78, 5) is 36.5. The standard InChI is InChI=1S/C20H12ClNO5/c21-15-8-4-3-7-14(15)16-9-11(10-22(25)26)17-18(23)12-5-1-2-6-13(12)19(24)20(17)27-16/h1-9,11H,10H2/t11-/m0/s1. The van der Waals surface area contributed by atoms with E-state index in [9.17, 15) is 19.7 Å². The van der Waals surface area contributed by atoms with E-state index in [0.717, 1.165) is 0 Å². The van der Waals surface area contributed by atoms with E-state index in [0.29, 0.717) is 10.6 Å². The molecule has 1 aliphatic carbocycles. The number of nitro groups is 1. The van der Waals surface area contributed by atoms with Crippen LogP contribution in [0.5, 0.6) is 0 Å². The molecule has 4 rings (SSSR count). The average molecular weight is 382 g/mol. The van der Waals surface area contributed by atoms with Crippen LogP contribution < -0.4 is 0 Å². The molecule has 1 aliphatic heterocycles. The van der Waals surface area contributed by atoms with Crippen molar-refractivity contribution in [2.75, 3.05) is 6.54 Å². The number of carbonyl (C=O) groups is 2. The minimum Gasteiger partial charge on any atom is -0.452 e. The molecule has 27 heavy (non-hydrogen) atoms. The molecule has 0 aromatic heterocycles. The first-order valence-electron chi connectivity index (χ1n) is 8.16. The van der Waals surface area contributed by atoms with E-state index >= 15 is 0 Å². The zero-order chi connectivity index (χ0) is 19.1. The van der Waals surface area contributed by atoms with Crippen LogP contribution in [0.3, 0.4) is 0 Å². The summed E-state index contributed by atoms with van der Waals surface area (Å²) in [6.45, 7) is -0.530. The highest BCUT2D eigenvalue weighted by Crippen LogP contribution is 2.40. The van der Waals surface area contributed by atoms with Gasteiger partial charge in [0.2, 0.25) is 12.3 Å². The number of benzene rings is 2. The molecule has 0 fully saturated rings. The summed E-state index contributed by atoms with van der Waals surface area (Å²) < 4.78 is 5.77. The van der Waals surface area contributed by atoms with Gasteiger partial charge in [0.05, 0.1) is 16.5 Å². The van der Waals surface area contributed by atoms with Gasteiger partial charge >= 0.3 is 0 Å². The zero-order valence-corrected chi connectivity index (χ0v) is 14.6. The lowest BCUT2D eigenvalue weighted by atomic mass is 9.80. The number of halogens is 1. The van der Waals surface area contributed by atoms with Crippen LogP contribution >= 0.6 is 11.6 Å². The van der Waals surface area contributed by atoms with E-state index in [1.165, 1.54) is 12.1 Å². The number of allylic oxidation sites excluding steroid dienone is 1. The number of fused-ring (bicyclic) bond motifs is 1. The number of hydrogen-bond acceptors (Lipinski definition) is 5. The number of hydrogen-bond donors (Lipinski definition) is 0. The molecule has 1 atom stereocenters. The highest BCUT2D eigenvalue weighted by molar-refractivity contribution is 6.32. The summed E-state index contributed by atoms with van der Waals surface area (Å²) in [5.74, 6) is -1.72. The third-order valence-electron chi connectivity index (χ3n) is 4.53. The van der Waals surface area contributed by atoms with Crippen molar-refractivity contribution in [1.82, 2.24) is 0 Å². The van der Waals surface area contributed by atoms with Crippen molar-refractivity contribution in [3.05, 3.63) is 97.8 Å². The second-order valence-electron chi connectivity index (χ2n) is 6.18. The van der Waals surface area contributed by atoms with Gasteiger partial charge in [0, 0.05) is 21.6 Å². The van der Waals surface area contributed by atoms with Gasteiger partial charge in [-0.1, -0.05) is 48.0 Å². The lowest BCUT2D eigenvalue weighted by Crippen LogP contribution is -2.32. The van der Waals surface area contributed by atoms with Gasteiger partial charge in [-0.2, -0.15) is 0 Å². The third-order valence-corrected chi connectivity index (χ3v) is 4.86. The fourth-order valence-electron chi connectivity index (χ4n) is 3.33. The van der Waals surface area contributed by atoms with E-state index in [-0.39, 0.29) is 28.2 Å². The van der Waals surface area contributed by atoms with Crippen LogP contribution in [0.15, 0.2) is 65.9 Å². The van der Waals surface area contributed by atoms with Crippen LogP contribution in [0, 0.1) is 16.0 Å². The molecule has 2 aliphatic rings. The van der Waals surface area contributed by atoms with Crippen LogP contribution in [0.1, 0.15) is 26.3 Å². The molecule has 6 nitrogen and oxygen atoms in total. The van der Waals surface area contributed by atoms with Gasteiger partial charge in [-0.3, -0.25) is 19.7 Å². The molecule has 1 heterocycles. The molecular formula is C20H12ClNO5. The predicted octanol–water partition coefficient (Wildman–Crippen LogP) is 3.94. The van der Waals surface area contributed by atoms with Crippen molar-refractivity contribution in [1.29, 1.82) is 0 Å². The van der Waals surface area contributed by atoms with Crippen molar-refractivity contribution >= 4 is 28.9 Å². The highest BCUT2D eigenvalue weighted by Gasteiger charge is 2.41. The number of Topliss-reactive ketones (excluding diaryl/α,β-unsaturated/α-hetero) is 2. The normalized spacial score (nSPS) is 18.4. The molecule has 2 aromatic rings. The Bertz CT molecular complexity index is 1070. The Morgan fingerprint density at radius 3 is 2.19 bits per heavy atom. The number of nitrogens with zero attached hydrogens (tertiary/aromatic N) is 1.